The summed E-state index contributed by atoms with van der Waals surface area (Å²) in [5, 5.41) is 12.6. The molecule has 0 radical (unpaired) electrons. The van der Waals surface area contributed by atoms with Crippen LogP contribution in [0.25, 0.3) is 0 Å². The fraction of sp³-hybridized carbons (Fsp3) is 0.562. The van der Waals surface area contributed by atoms with Gasteiger partial charge in [0.25, 0.3) is 0 Å². The third-order valence-corrected chi connectivity index (χ3v) is 4.60. The van der Waals surface area contributed by atoms with Crippen molar-refractivity contribution in [1.82, 2.24) is 10.2 Å². The molecule has 0 saturated carbocycles. The van der Waals surface area contributed by atoms with Crippen LogP contribution in [-0.2, 0) is 6.54 Å². The van der Waals surface area contributed by atoms with Crippen molar-refractivity contribution < 1.29 is 4.39 Å². The van der Waals surface area contributed by atoms with Crippen LogP contribution >= 0.6 is 0 Å². The second-order valence-electron chi connectivity index (χ2n) is 5.79. The van der Waals surface area contributed by atoms with E-state index in [1.54, 1.807) is 6.07 Å². The molecule has 2 heterocycles. The largest absolute Gasteiger partial charge is 0.308 e. The normalized spacial score (nSPS) is 26.2. The zero-order valence-electron chi connectivity index (χ0n) is 11.6. The molecule has 0 aromatic heterocycles. The molecular formula is C16H20FN3. The van der Waals surface area contributed by atoms with Gasteiger partial charge in [0.15, 0.2) is 0 Å². The molecule has 2 saturated heterocycles. The molecule has 0 bridgehead atoms. The number of benzene rings is 1. The first-order valence-electron chi connectivity index (χ1n) is 7.44. The van der Waals surface area contributed by atoms with E-state index < -0.39 is 0 Å². The van der Waals surface area contributed by atoms with Crippen molar-refractivity contribution in [2.45, 2.75) is 44.3 Å². The fourth-order valence-electron chi connectivity index (χ4n) is 3.54. The minimum atomic E-state index is -0.272. The van der Waals surface area contributed by atoms with E-state index in [0.717, 1.165) is 18.5 Å². The van der Waals surface area contributed by atoms with Crippen LogP contribution in [0.2, 0.25) is 0 Å². The molecule has 1 N–H and O–H groups in total. The van der Waals surface area contributed by atoms with Crippen molar-refractivity contribution in [2.75, 3.05) is 13.1 Å². The lowest BCUT2D eigenvalue weighted by atomic mass is 9.98. The van der Waals surface area contributed by atoms with E-state index in [0.29, 0.717) is 24.2 Å². The number of hydrogen-bond donors (Lipinski definition) is 1. The molecule has 2 aliphatic heterocycles. The third kappa shape index (κ3) is 2.70. The van der Waals surface area contributed by atoms with Crippen LogP contribution in [0, 0.1) is 17.1 Å². The van der Waals surface area contributed by atoms with Crippen molar-refractivity contribution >= 4 is 0 Å². The maximum Gasteiger partial charge on any atom is 0.123 e. The lowest BCUT2D eigenvalue weighted by Gasteiger charge is -2.32. The average molecular weight is 273 g/mol. The van der Waals surface area contributed by atoms with Gasteiger partial charge in [-0.05, 0) is 49.6 Å². The summed E-state index contributed by atoms with van der Waals surface area (Å²) < 4.78 is 13.3. The van der Waals surface area contributed by atoms with Crippen LogP contribution in [0.1, 0.15) is 36.8 Å². The molecule has 3 nitrogen and oxygen atoms in total. The zero-order valence-corrected chi connectivity index (χ0v) is 11.6. The maximum atomic E-state index is 13.3. The van der Waals surface area contributed by atoms with E-state index in [9.17, 15) is 4.39 Å². The van der Waals surface area contributed by atoms with Crippen LogP contribution in [0.15, 0.2) is 18.2 Å². The van der Waals surface area contributed by atoms with Gasteiger partial charge in [-0.25, -0.2) is 4.39 Å². The van der Waals surface area contributed by atoms with Crippen molar-refractivity contribution in [3.05, 3.63) is 35.1 Å². The van der Waals surface area contributed by atoms with Gasteiger partial charge in [-0.15, -0.1) is 0 Å². The van der Waals surface area contributed by atoms with Gasteiger partial charge < -0.3 is 5.32 Å². The number of rotatable bonds is 3. The molecule has 2 fully saturated rings. The number of hydrogen-bond acceptors (Lipinski definition) is 3. The quantitative estimate of drug-likeness (QED) is 0.919. The van der Waals surface area contributed by atoms with Crippen molar-refractivity contribution in [3.8, 4) is 6.07 Å². The monoisotopic (exact) mass is 273 g/mol. The molecule has 3 rings (SSSR count). The second kappa shape index (κ2) is 5.90. The van der Waals surface area contributed by atoms with Crippen LogP contribution in [0.5, 0.6) is 0 Å². The van der Waals surface area contributed by atoms with Crippen LogP contribution in [0.4, 0.5) is 4.39 Å². The number of fused-ring (bicyclic) bond motifs is 1. The Hall–Kier alpha value is -1.44. The first-order valence-corrected chi connectivity index (χ1v) is 7.44. The van der Waals surface area contributed by atoms with Gasteiger partial charge in [-0.1, -0.05) is 6.42 Å². The first-order chi connectivity index (χ1) is 9.78. The van der Waals surface area contributed by atoms with E-state index in [2.05, 4.69) is 16.3 Å². The highest BCUT2D eigenvalue weighted by Crippen LogP contribution is 2.27. The molecule has 4 heteroatoms. The van der Waals surface area contributed by atoms with Crippen LogP contribution in [0.3, 0.4) is 0 Å². The first kappa shape index (κ1) is 13.5. The molecule has 0 amide bonds. The van der Waals surface area contributed by atoms with Crippen LogP contribution in [-0.4, -0.2) is 30.1 Å². The standard InChI is InChI=1S/C16H20FN3/c17-14-5-4-12(10-18)13(9-14)11-19-15-6-8-20-7-2-1-3-16(15)20/h4-5,9,15-16,19H,1-3,6-8,11H2. The molecule has 1 aromatic carbocycles. The van der Waals surface area contributed by atoms with E-state index in [-0.39, 0.29) is 5.82 Å². The van der Waals surface area contributed by atoms with Gasteiger partial charge in [-0.2, -0.15) is 5.26 Å². The third-order valence-electron chi connectivity index (χ3n) is 4.60. The van der Waals surface area contributed by atoms with Crippen molar-refractivity contribution in [2.24, 2.45) is 0 Å². The van der Waals surface area contributed by atoms with Crippen LogP contribution < -0.4 is 5.32 Å². The lowest BCUT2D eigenvalue weighted by Crippen LogP contribution is -2.44. The highest BCUT2D eigenvalue weighted by Gasteiger charge is 2.34. The van der Waals surface area contributed by atoms with E-state index >= 15 is 0 Å². The summed E-state index contributed by atoms with van der Waals surface area (Å²) in [5.41, 5.74) is 1.33. The number of halogens is 1. The summed E-state index contributed by atoms with van der Waals surface area (Å²) in [4.78, 5) is 2.57. The lowest BCUT2D eigenvalue weighted by molar-refractivity contribution is 0.180. The highest BCUT2D eigenvalue weighted by atomic mass is 19.1. The van der Waals surface area contributed by atoms with Gasteiger partial charge in [0, 0.05) is 25.2 Å². The van der Waals surface area contributed by atoms with Gasteiger partial charge in [0.05, 0.1) is 11.6 Å². The summed E-state index contributed by atoms with van der Waals surface area (Å²) >= 11 is 0. The number of nitriles is 1. The molecule has 0 spiro atoms. The van der Waals surface area contributed by atoms with E-state index in [1.807, 2.05) is 0 Å². The van der Waals surface area contributed by atoms with Gasteiger partial charge in [0.1, 0.15) is 5.82 Å². The minimum absolute atomic E-state index is 0.272. The summed E-state index contributed by atoms with van der Waals surface area (Å²) in [5.74, 6) is -0.272. The summed E-state index contributed by atoms with van der Waals surface area (Å²) in [6, 6.07) is 7.62. The molecule has 2 unspecified atom stereocenters. The van der Waals surface area contributed by atoms with E-state index in [4.69, 9.17) is 5.26 Å². The summed E-state index contributed by atoms with van der Waals surface area (Å²) in [6.45, 7) is 2.96. The number of nitrogens with zero attached hydrogens (tertiary/aromatic N) is 2. The molecular weight excluding hydrogens is 253 g/mol. The Balaban J connectivity index is 1.65. The molecule has 20 heavy (non-hydrogen) atoms. The zero-order chi connectivity index (χ0) is 13.9. The fourth-order valence-corrected chi connectivity index (χ4v) is 3.54. The molecule has 1 aromatic rings. The Morgan fingerprint density at radius 2 is 2.20 bits per heavy atom. The Kier molecular flexibility index (Phi) is 4.00. The highest BCUT2D eigenvalue weighted by molar-refractivity contribution is 5.37. The van der Waals surface area contributed by atoms with Crippen molar-refractivity contribution in [1.29, 1.82) is 5.26 Å². The number of piperidine rings is 1. The van der Waals surface area contributed by atoms with Gasteiger partial charge >= 0.3 is 0 Å². The maximum absolute atomic E-state index is 13.3. The Bertz CT molecular complexity index is 523. The topological polar surface area (TPSA) is 39.1 Å². The Morgan fingerprint density at radius 3 is 3.05 bits per heavy atom. The molecule has 2 atom stereocenters. The van der Waals surface area contributed by atoms with Gasteiger partial charge in [0.2, 0.25) is 0 Å². The predicted octanol–water partition coefficient (Wildman–Crippen LogP) is 2.41. The van der Waals surface area contributed by atoms with Gasteiger partial charge in [-0.3, -0.25) is 4.90 Å². The average Bonchev–Trinajstić information content (AvgIpc) is 2.88. The second-order valence-corrected chi connectivity index (χ2v) is 5.79. The molecule has 2 aliphatic rings. The van der Waals surface area contributed by atoms with E-state index in [1.165, 1.54) is 37.9 Å². The summed E-state index contributed by atoms with van der Waals surface area (Å²) in [6.07, 6.45) is 5.03. The SMILES string of the molecule is N#Cc1ccc(F)cc1CNC1CCN2CCCCC12. The molecule has 106 valence electrons. The number of nitrogens with one attached hydrogen (secondary N) is 1. The Morgan fingerprint density at radius 1 is 1.30 bits per heavy atom. The minimum Gasteiger partial charge on any atom is -0.308 e. The smallest absolute Gasteiger partial charge is 0.123 e. The van der Waals surface area contributed by atoms with Crippen molar-refractivity contribution in [3.63, 3.8) is 0 Å². The molecule has 0 aliphatic carbocycles. The summed E-state index contributed by atoms with van der Waals surface area (Å²) in [7, 11) is 0. The Labute approximate surface area is 119 Å². The predicted molar refractivity (Wildman–Crippen MR) is 75.6 cm³/mol.